The molecule has 1 rings (SSSR count). The number of halogens is 1. The van der Waals surface area contributed by atoms with Crippen LogP contribution in [0.1, 0.15) is 66.2 Å². The average Bonchev–Trinajstić information content (AvgIpc) is 2.72. The molecular weight excluding hydrogens is 359 g/mol. The number of hydrogen-bond donors (Lipinski definition) is 1. The molecule has 0 saturated heterocycles. The topological polar surface area (TPSA) is 24.4 Å². The molecule has 1 N–H and O–H groups in total. The standard InChI is InChI=1S/C11H17FN2.C11H16.C4H8/c1-5-9(8-10(12)6-2)11(7-3)14-13-4;1-2-8-11-9-6-4-3-5-7-10-11;1-3-4-2/h5-6,8,13H,1,7H2,2-4H3;4-8H,2-3,9-10H2,1H3;3H,1,4H2,2H3/b9-8+,10-6+,14-11+;6-4-,7-5?,11-8?;. The van der Waals surface area contributed by atoms with Crippen LogP contribution < -0.4 is 5.43 Å². The van der Waals surface area contributed by atoms with E-state index in [1.54, 1.807) is 25.6 Å². The van der Waals surface area contributed by atoms with Crippen molar-refractivity contribution in [1.82, 2.24) is 5.43 Å². The smallest absolute Gasteiger partial charge is 0.119 e. The van der Waals surface area contributed by atoms with Crippen LogP contribution in [0.25, 0.3) is 0 Å². The minimum absolute atomic E-state index is 0.280. The molecule has 2 nitrogen and oxygen atoms in total. The van der Waals surface area contributed by atoms with Gasteiger partial charge in [-0.2, -0.15) is 5.10 Å². The zero-order valence-corrected chi connectivity index (χ0v) is 19.2. The van der Waals surface area contributed by atoms with Gasteiger partial charge in [0.25, 0.3) is 0 Å². The van der Waals surface area contributed by atoms with Crippen molar-refractivity contribution in [3.8, 4) is 0 Å². The molecule has 0 fully saturated rings. The number of rotatable bonds is 7. The van der Waals surface area contributed by atoms with E-state index in [9.17, 15) is 4.39 Å². The van der Waals surface area contributed by atoms with Crippen LogP contribution in [0.5, 0.6) is 0 Å². The van der Waals surface area contributed by atoms with Gasteiger partial charge in [-0.1, -0.05) is 81.5 Å². The second kappa shape index (κ2) is 21.9. The summed E-state index contributed by atoms with van der Waals surface area (Å²) >= 11 is 0. The molecule has 3 heteroatoms. The minimum atomic E-state index is -0.280. The maximum Gasteiger partial charge on any atom is 0.119 e. The molecule has 29 heavy (non-hydrogen) atoms. The second-order valence-corrected chi connectivity index (χ2v) is 6.17. The highest BCUT2D eigenvalue weighted by molar-refractivity contribution is 6.02. The third-order valence-corrected chi connectivity index (χ3v) is 3.85. The molecule has 0 aromatic carbocycles. The molecule has 162 valence electrons. The van der Waals surface area contributed by atoms with E-state index in [2.05, 4.69) is 67.9 Å². The molecule has 0 radical (unpaired) electrons. The lowest BCUT2D eigenvalue weighted by atomic mass is 10.0. The Morgan fingerprint density at radius 3 is 2.07 bits per heavy atom. The highest BCUT2D eigenvalue weighted by atomic mass is 19.1. The van der Waals surface area contributed by atoms with Gasteiger partial charge < -0.3 is 5.43 Å². The molecule has 1 aliphatic carbocycles. The number of allylic oxidation sites excluding steroid dienone is 12. The van der Waals surface area contributed by atoms with Gasteiger partial charge in [-0.05, 0) is 57.1 Å². The molecule has 0 bridgehead atoms. The second-order valence-electron chi connectivity index (χ2n) is 6.17. The van der Waals surface area contributed by atoms with Crippen molar-refractivity contribution in [2.24, 2.45) is 5.10 Å². The van der Waals surface area contributed by atoms with Crippen LogP contribution in [0.3, 0.4) is 0 Å². The minimum Gasteiger partial charge on any atom is -0.313 e. The summed E-state index contributed by atoms with van der Waals surface area (Å²) in [6, 6.07) is 0. The maximum absolute atomic E-state index is 13.0. The fourth-order valence-corrected chi connectivity index (χ4v) is 2.25. The first-order valence-corrected chi connectivity index (χ1v) is 10.5. The summed E-state index contributed by atoms with van der Waals surface area (Å²) in [5.74, 6) is -0.280. The molecule has 0 heterocycles. The predicted molar refractivity (Wildman–Crippen MR) is 131 cm³/mol. The quantitative estimate of drug-likeness (QED) is 0.198. The Bertz CT molecular complexity index is 601. The van der Waals surface area contributed by atoms with Crippen molar-refractivity contribution >= 4 is 5.71 Å². The third-order valence-electron chi connectivity index (χ3n) is 3.85. The molecule has 0 amide bonds. The van der Waals surface area contributed by atoms with E-state index >= 15 is 0 Å². The number of nitrogens with zero attached hydrogens (tertiary/aromatic N) is 1. The van der Waals surface area contributed by atoms with E-state index in [0.717, 1.165) is 44.2 Å². The van der Waals surface area contributed by atoms with Crippen molar-refractivity contribution in [2.75, 3.05) is 7.05 Å². The Labute approximate surface area is 179 Å². The van der Waals surface area contributed by atoms with E-state index in [-0.39, 0.29) is 5.83 Å². The Hall–Kier alpha value is -2.42. The van der Waals surface area contributed by atoms with Crippen LogP contribution in [-0.4, -0.2) is 12.8 Å². The number of hydrazone groups is 1. The third kappa shape index (κ3) is 17.4. The Morgan fingerprint density at radius 1 is 1.10 bits per heavy atom. The lowest BCUT2D eigenvalue weighted by molar-refractivity contribution is 0.664. The first kappa shape index (κ1) is 28.8. The molecule has 0 atom stereocenters. The monoisotopic (exact) mass is 400 g/mol. The van der Waals surface area contributed by atoms with E-state index < -0.39 is 0 Å². The van der Waals surface area contributed by atoms with Gasteiger partial charge in [0.1, 0.15) is 5.83 Å². The van der Waals surface area contributed by atoms with E-state index in [4.69, 9.17) is 0 Å². The van der Waals surface area contributed by atoms with Crippen LogP contribution in [0.4, 0.5) is 4.39 Å². The van der Waals surface area contributed by atoms with E-state index in [1.165, 1.54) is 12.2 Å². The summed E-state index contributed by atoms with van der Waals surface area (Å²) in [6.07, 6.45) is 24.0. The van der Waals surface area contributed by atoms with E-state index in [1.807, 2.05) is 13.0 Å². The summed E-state index contributed by atoms with van der Waals surface area (Å²) in [5.41, 5.74) is 5.73. The summed E-state index contributed by atoms with van der Waals surface area (Å²) in [6.45, 7) is 15.0. The lowest BCUT2D eigenvalue weighted by Crippen LogP contribution is -2.06. The number of nitrogens with one attached hydrogen (secondary N) is 1. The highest BCUT2D eigenvalue weighted by Gasteiger charge is 2.01. The zero-order chi connectivity index (χ0) is 22.3. The van der Waals surface area contributed by atoms with Gasteiger partial charge in [0.2, 0.25) is 0 Å². The van der Waals surface area contributed by atoms with Gasteiger partial charge in [-0.3, -0.25) is 0 Å². The summed E-state index contributed by atoms with van der Waals surface area (Å²) < 4.78 is 13.0. The largest absolute Gasteiger partial charge is 0.313 e. The number of hydrogen-bond acceptors (Lipinski definition) is 2. The van der Waals surface area contributed by atoms with Crippen LogP contribution in [0.2, 0.25) is 0 Å². The predicted octanol–water partition coefficient (Wildman–Crippen LogP) is 8.16. The highest BCUT2D eigenvalue weighted by Crippen LogP contribution is 2.13. The summed E-state index contributed by atoms with van der Waals surface area (Å²) in [7, 11) is 1.71. The summed E-state index contributed by atoms with van der Waals surface area (Å²) in [5, 5.41) is 4.03. The van der Waals surface area contributed by atoms with Crippen LogP contribution >= 0.6 is 0 Å². The first-order chi connectivity index (χ1) is 14.0. The SMILES string of the molecule is C=CC(=C\C(F)=C/C)/C(CC)=N/NC.C=CCC.CCC=C1CC=CC/C=C\C1. The molecule has 0 unspecified atom stereocenters. The van der Waals surface area contributed by atoms with Crippen LogP contribution in [0, 0.1) is 0 Å². The molecule has 0 saturated carbocycles. The molecule has 1 aliphatic rings. The van der Waals surface area contributed by atoms with Gasteiger partial charge in [0, 0.05) is 7.05 Å². The van der Waals surface area contributed by atoms with Crippen molar-refractivity contribution in [1.29, 1.82) is 0 Å². The van der Waals surface area contributed by atoms with Gasteiger partial charge >= 0.3 is 0 Å². The maximum atomic E-state index is 13.0. The summed E-state index contributed by atoms with van der Waals surface area (Å²) in [4.78, 5) is 0. The Morgan fingerprint density at radius 2 is 1.69 bits per heavy atom. The zero-order valence-electron chi connectivity index (χ0n) is 19.2. The Balaban J connectivity index is 0. The normalized spacial score (nSPS) is 17.0. The van der Waals surface area contributed by atoms with Crippen molar-refractivity contribution < 1.29 is 4.39 Å². The van der Waals surface area contributed by atoms with Crippen molar-refractivity contribution in [3.05, 3.63) is 84.8 Å². The van der Waals surface area contributed by atoms with Crippen molar-refractivity contribution in [2.45, 2.75) is 66.2 Å². The van der Waals surface area contributed by atoms with Crippen LogP contribution in [-0.2, 0) is 0 Å². The van der Waals surface area contributed by atoms with Gasteiger partial charge in [-0.25, -0.2) is 4.39 Å². The Kier molecular flexibility index (Phi) is 21.7. The van der Waals surface area contributed by atoms with Gasteiger partial charge in [0.05, 0.1) is 5.71 Å². The average molecular weight is 401 g/mol. The van der Waals surface area contributed by atoms with Crippen molar-refractivity contribution in [3.63, 3.8) is 0 Å². The van der Waals surface area contributed by atoms with Gasteiger partial charge in [-0.15, -0.1) is 6.58 Å². The lowest BCUT2D eigenvalue weighted by Gasteiger charge is -2.03. The molecule has 0 aromatic heterocycles. The van der Waals surface area contributed by atoms with Crippen LogP contribution in [0.15, 0.2) is 89.9 Å². The fraction of sp³-hybridized carbons (Fsp3) is 0.423. The van der Waals surface area contributed by atoms with Gasteiger partial charge in [0.15, 0.2) is 0 Å². The molecule has 0 spiro atoms. The first-order valence-electron chi connectivity index (χ1n) is 10.5. The molecule has 0 aliphatic heterocycles. The molecular formula is C26H41FN2. The fourth-order valence-electron chi connectivity index (χ4n) is 2.25. The molecule has 0 aromatic rings. The van der Waals surface area contributed by atoms with E-state index in [0.29, 0.717) is 5.57 Å².